The fraction of sp³-hybridized carbons (Fsp3) is 0.522. The maximum Gasteiger partial charge on any atom is 0.238 e. The molecule has 33 heavy (non-hydrogen) atoms. The Morgan fingerprint density at radius 3 is 2.61 bits per heavy atom. The summed E-state index contributed by atoms with van der Waals surface area (Å²) in [4.78, 5) is 16.0. The van der Waals surface area contributed by atoms with Crippen molar-refractivity contribution in [3.63, 3.8) is 0 Å². The van der Waals surface area contributed by atoms with Crippen LogP contribution in [-0.2, 0) is 32.5 Å². The van der Waals surface area contributed by atoms with Crippen LogP contribution >= 0.6 is 11.3 Å². The Balaban J connectivity index is 1.72. The fourth-order valence-corrected chi connectivity index (χ4v) is 5.27. The van der Waals surface area contributed by atoms with Crippen LogP contribution in [-0.4, -0.2) is 76.4 Å². The summed E-state index contributed by atoms with van der Waals surface area (Å²) < 4.78 is 42.3. The van der Waals surface area contributed by atoms with Crippen LogP contribution in [0.15, 0.2) is 35.7 Å². The van der Waals surface area contributed by atoms with E-state index in [0.29, 0.717) is 37.6 Å². The average Bonchev–Trinajstić information content (AvgIpc) is 3.49. The van der Waals surface area contributed by atoms with Crippen molar-refractivity contribution in [1.29, 1.82) is 0 Å². The molecule has 1 atom stereocenters. The average molecular weight is 497 g/mol. The molecule has 1 unspecified atom stereocenters. The van der Waals surface area contributed by atoms with Crippen LogP contribution in [0.3, 0.4) is 0 Å². The van der Waals surface area contributed by atoms with Gasteiger partial charge in [0.05, 0.1) is 39.7 Å². The molecule has 1 aliphatic rings. The van der Waals surface area contributed by atoms with Gasteiger partial charge in [0, 0.05) is 24.6 Å². The van der Waals surface area contributed by atoms with Crippen molar-refractivity contribution in [2.24, 2.45) is 0 Å². The molecule has 0 radical (unpaired) electrons. The number of benzene rings is 1. The SMILES string of the molecule is COc1ccc(CCN(Cc2cccs2)C(=O)CN(CC2CCCO2)S(C)(=O)=O)cc1OC. The number of methoxy groups -OCH3 is 2. The van der Waals surface area contributed by atoms with E-state index in [-0.39, 0.29) is 25.1 Å². The van der Waals surface area contributed by atoms with Gasteiger partial charge in [-0.05, 0) is 48.4 Å². The first-order valence-corrected chi connectivity index (χ1v) is 13.6. The highest BCUT2D eigenvalue weighted by Crippen LogP contribution is 2.28. The van der Waals surface area contributed by atoms with E-state index in [0.717, 1.165) is 29.5 Å². The first-order valence-electron chi connectivity index (χ1n) is 10.9. The number of carbonyl (C=O) groups excluding carboxylic acids is 1. The molecule has 0 aliphatic carbocycles. The number of nitrogens with zero attached hydrogens (tertiary/aromatic N) is 2. The van der Waals surface area contributed by atoms with Gasteiger partial charge in [0.15, 0.2) is 11.5 Å². The molecule has 2 aromatic rings. The van der Waals surface area contributed by atoms with Crippen LogP contribution in [0.25, 0.3) is 0 Å². The van der Waals surface area contributed by atoms with Crippen LogP contribution < -0.4 is 9.47 Å². The summed E-state index contributed by atoms with van der Waals surface area (Å²) in [6.45, 7) is 1.51. The van der Waals surface area contributed by atoms with Crippen LogP contribution in [0.5, 0.6) is 11.5 Å². The minimum absolute atomic E-state index is 0.162. The molecule has 182 valence electrons. The van der Waals surface area contributed by atoms with Gasteiger partial charge in [-0.2, -0.15) is 4.31 Å². The number of rotatable bonds is 12. The lowest BCUT2D eigenvalue weighted by molar-refractivity contribution is -0.132. The molecule has 1 fully saturated rings. The Morgan fingerprint density at radius 2 is 2.00 bits per heavy atom. The molecule has 1 aromatic heterocycles. The second kappa shape index (κ2) is 11.8. The van der Waals surface area contributed by atoms with E-state index in [1.54, 1.807) is 30.5 Å². The summed E-state index contributed by atoms with van der Waals surface area (Å²) in [5.41, 5.74) is 0.996. The van der Waals surface area contributed by atoms with Gasteiger partial charge in [0.25, 0.3) is 0 Å². The highest BCUT2D eigenvalue weighted by molar-refractivity contribution is 7.88. The maximum atomic E-state index is 13.3. The smallest absolute Gasteiger partial charge is 0.238 e. The minimum Gasteiger partial charge on any atom is -0.493 e. The molecular formula is C23H32N2O6S2. The van der Waals surface area contributed by atoms with Crippen LogP contribution in [0.2, 0.25) is 0 Å². The Morgan fingerprint density at radius 1 is 1.21 bits per heavy atom. The minimum atomic E-state index is -3.55. The highest BCUT2D eigenvalue weighted by atomic mass is 32.2. The summed E-state index contributed by atoms with van der Waals surface area (Å²) in [6, 6.07) is 9.59. The molecule has 0 N–H and O–H groups in total. The molecule has 8 nitrogen and oxygen atoms in total. The van der Waals surface area contributed by atoms with Gasteiger partial charge in [-0.25, -0.2) is 8.42 Å². The van der Waals surface area contributed by atoms with Crippen molar-refractivity contribution < 1.29 is 27.4 Å². The Labute approximate surface area is 200 Å². The molecule has 0 spiro atoms. The topological polar surface area (TPSA) is 85.4 Å². The lowest BCUT2D eigenvalue weighted by atomic mass is 10.1. The van der Waals surface area contributed by atoms with Gasteiger partial charge in [0.1, 0.15) is 0 Å². The van der Waals surface area contributed by atoms with Gasteiger partial charge < -0.3 is 19.1 Å². The number of sulfonamides is 1. The molecule has 1 aliphatic heterocycles. The summed E-state index contributed by atoms with van der Waals surface area (Å²) >= 11 is 1.57. The molecule has 2 heterocycles. The number of amides is 1. The second-order valence-electron chi connectivity index (χ2n) is 8.02. The number of carbonyl (C=O) groups is 1. The van der Waals surface area contributed by atoms with Crippen molar-refractivity contribution >= 4 is 27.3 Å². The van der Waals surface area contributed by atoms with Crippen molar-refractivity contribution in [3.8, 4) is 11.5 Å². The summed E-state index contributed by atoms with van der Waals surface area (Å²) in [5, 5.41) is 1.96. The number of hydrogen-bond acceptors (Lipinski definition) is 7. The maximum absolute atomic E-state index is 13.3. The lowest BCUT2D eigenvalue weighted by Crippen LogP contribution is -2.45. The van der Waals surface area contributed by atoms with Crippen molar-refractivity contribution in [3.05, 3.63) is 46.2 Å². The number of ether oxygens (including phenoxy) is 3. The lowest BCUT2D eigenvalue weighted by Gasteiger charge is -2.27. The van der Waals surface area contributed by atoms with E-state index < -0.39 is 10.0 Å². The molecule has 3 rings (SSSR count). The van der Waals surface area contributed by atoms with Crippen molar-refractivity contribution in [1.82, 2.24) is 9.21 Å². The Bertz CT molecular complexity index is 1000. The predicted molar refractivity (Wildman–Crippen MR) is 128 cm³/mol. The van der Waals surface area contributed by atoms with Gasteiger partial charge >= 0.3 is 0 Å². The van der Waals surface area contributed by atoms with Crippen LogP contribution in [0, 0.1) is 0 Å². The molecule has 0 bridgehead atoms. The predicted octanol–water partition coefficient (Wildman–Crippen LogP) is 2.78. The van der Waals surface area contributed by atoms with Crippen molar-refractivity contribution in [2.45, 2.75) is 31.9 Å². The molecular weight excluding hydrogens is 464 g/mol. The first-order chi connectivity index (χ1) is 15.8. The zero-order chi connectivity index (χ0) is 23.8. The normalized spacial score (nSPS) is 16.2. The van der Waals surface area contributed by atoms with Crippen LogP contribution in [0.4, 0.5) is 0 Å². The third kappa shape index (κ3) is 7.43. The third-order valence-corrected chi connectivity index (χ3v) is 7.69. The molecule has 10 heteroatoms. The van der Waals surface area contributed by atoms with E-state index >= 15 is 0 Å². The largest absolute Gasteiger partial charge is 0.493 e. The molecule has 1 aromatic carbocycles. The Kier molecular flexibility index (Phi) is 9.13. The van der Waals surface area contributed by atoms with E-state index in [1.165, 1.54) is 4.31 Å². The summed E-state index contributed by atoms with van der Waals surface area (Å²) in [7, 11) is -0.377. The van der Waals surface area contributed by atoms with Crippen LogP contribution in [0.1, 0.15) is 23.3 Å². The van der Waals surface area contributed by atoms with E-state index in [2.05, 4.69) is 0 Å². The van der Waals surface area contributed by atoms with Gasteiger partial charge in [-0.1, -0.05) is 12.1 Å². The first kappa shape index (κ1) is 25.5. The zero-order valence-corrected chi connectivity index (χ0v) is 21.0. The standard InChI is InChI=1S/C23H32N2O6S2/c1-29-21-9-8-18(14-22(21)30-2)10-11-24(16-20-7-5-13-32-20)23(26)17-25(33(3,27)28)15-19-6-4-12-31-19/h5,7-9,13-14,19H,4,6,10-12,15-17H2,1-3H3. The Hall–Kier alpha value is -2.14. The van der Waals surface area contributed by atoms with Gasteiger partial charge in [-0.15, -0.1) is 11.3 Å². The summed E-state index contributed by atoms with van der Waals surface area (Å²) in [5.74, 6) is 1.05. The van der Waals surface area contributed by atoms with E-state index in [4.69, 9.17) is 14.2 Å². The fourth-order valence-electron chi connectivity index (χ4n) is 3.77. The van der Waals surface area contributed by atoms with Gasteiger partial charge in [0.2, 0.25) is 15.9 Å². The monoisotopic (exact) mass is 496 g/mol. The summed E-state index contributed by atoms with van der Waals surface area (Å²) in [6.07, 6.45) is 3.29. The zero-order valence-electron chi connectivity index (χ0n) is 19.4. The van der Waals surface area contributed by atoms with Gasteiger partial charge in [-0.3, -0.25) is 4.79 Å². The van der Waals surface area contributed by atoms with Crippen molar-refractivity contribution in [2.75, 3.05) is 46.7 Å². The second-order valence-corrected chi connectivity index (χ2v) is 11.0. The number of thiophene rings is 1. The molecule has 1 amide bonds. The molecule has 1 saturated heterocycles. The van der Waals surface area contributed by atoms with E-state index in [1.807, 2.05) is 35.7 Å². The highest BCUT2D eigenvalue weighted by Gasteiger charge is 2.28. The number of hydrogen-bond donors (Lipinski definition) is 0. The van der Waals surface area contributed by atoms with E-state index in [9.17, 15) is 13.2 Å². The molecule has 0 saturated carbocycles. The quantitative estimate of drug-likeness (QED) is 0.449. The third-order valence-electron chi connectivity index (χ3n) is 5.61.